The van der Waals surface area contributed by atoms with Crippen LogP contribution in [0.25, 0.3) is 10.8 Å². The van der Waals surface area contributed by atoms with Crippen LogP contribution in [-0.4, -0.2) is 150 Å². The van der Waals surface area contributed by atoms with E-state index in [9.17, 15) is 24.0 Å². The van der Waals surface area contributed by atoms with Crippen molar-refractivity contribution in [1.82, 2.24) is 14.7 Å². The average molecular weight is 1070 g/mol. The van der Waals surface area contributed by atoms with Gasteiger partial charge in [-0.25, -0.2) is 0 Å². The number of imide groups is 1. The second kappa shape index (κ2) is 29.1. The molecule has 1 aliphatic carbocycles. The zero-order valence-electron chi connectivity index (χ0n) is 43.3. The summed E-state index contributed by atoms with van der Waals surface area (Å²) in [6.07, 6.45) is 14.4. The molecule has 17 heteroatoms. The fraction of sp³-hybridized carbons (Fsp3) is 0.500. The molecule has 402 valence electrons. The van der Waals surface area contributed by atoms with E-state index in [0.717, 1.165) is 110 Å². The molecule has 2 aliphatic heterocycles. The van der Waals surface area contributed by atoms with E-state index < -0.39 is 23.6 Å². The number of nitrogens with one attached hydrogen (secondary N) is 1. The van der Waals surface area contributed by atoms with Crippen LogP contribution in [0.2, 0.25) is 10.0 Å². The predicted octanol–water partition coefficient (Wildman–Crippen LogP) is 9.22. The van der Waals surface area contributed by atoms with Gasteiger partial charge in [-0.15, -0.1) is 6.42 Å². The zero-order valence-corrected chi connectivity index (χ0v) is 44.8. The largest absolute Gasteiger partial charge is 0.495 e. The van der Waals surface area contributed by atoms with E-state index >= 15 is 0 Å². The summed E-state index contributed by atoms with van der Waals surface area (Å²) in [5.41, 5.74) is 3.08. The van der Waals surface area contributed by atoms with Gasteiger partial charge in [-0.05, 0) is 109 Å². The number of Topliss-reactive ketones (excluding diaryl/α,β-unsaturated/α-hetero) is 2. The molecule has 2 heterocycles. The first-order chi connectivity index (χ1) is 36.5. The number of methoxy groups -OCH3 is 2. The lowest BCUT2D eigenvalue weighted by Gasteiger charge is -2.34. The number of fused-ring (bicyclic) bond motifs is 2. The Bertz CT molecular complexity index is 2680. The maximum atomic E-state index is 13.3. The van der Waals surface area contributed by atoms with Crippen molar-refractivity contribution in [2.75, 3.05) is 105 Å². The third-order valence-electron chi connectivity index (χ3n) is 14.0. The molecule has 1 saturated heterocycles. The fourth-order valence-corrected chi connectivity index (χ4v) is 10.4. The molecule has 4 aromatic rings. The van der Waals surface area contributed by atoms with E-state index in [1.54, 1.807) is 32.4 Å². The SMILES string of the molecule is C#Cc1ccc2cc(OCCCN3CCN(CCCCCCOCCOCCOCCCCCC(=O)Nc4cccc5c4C(=O)N(C4CCC(=O)CC4=O)C5=O)CC3)c(OC)cc2c1Cc1cc(OC)c(Cl)cc1Cl. The number of carbonyl (C=O) groups is 5. The maximum Gasteiger partial charge on any atom is 0.264 e. The number of hydrogen-bond acceptors (Lipinski definition) is 13. The van der Waals surface area contributed by atoms with Gasteiger partial charge in [-0.2, -0.15) is 0 Å². The van der Waals surface area contributed by atoms with Gasteiger partial charge in [0.25, 0.3) is 11.8 Å². The fourth-order valence-electron chi connectivity index (χ4n) is 9.89. The molecule has 0 radical (unpaired) electrons. The van der Waals surface area contributed by atoms with E-state index in [0.29, 0.717) is 79.8 Å². The van der Waals surface area contributed by atoms with Crippen LogP contribution in [0.15, 0.2) is 54.6 Å². The first-order valence-corrected chi connectivity index (χ1v) is 27.0. The van der Waals surface area contributed by atoms with Crippen LogP contribution in [0, 0.1) is 12.3 Å². The summed E-state index contributed by atoms with van der Waals surface area (Å²) in [5.74, 6) is 2.65. The molecular formula is C58H70Cl2N4O11. The highest BCUT2D eigenvalue weighted by Crippen LogP contribution is 2.39. The number of unbranched alkanes of at least 4 members (excludes halogenated alkanes) is 5. The minimum Gasteiger partial charge on any atom is -0.495 e. The molecule has 4 aromatic carbocycles. The highest BCUT2D eigenvalue weighted by molar-refractivity contribution is 6.36. The lowest BCUT2D eigenvalue weighted by atomic mass is 9.92. The molecule has 2 fully saturated rings. The van der Waals surface area contributed by atoms with Gasteiger partial charge in [0, 0.05) is 75.8 Å². The van der Waals surface area contributed by atoms with E-state index in [2.05, 4.69) is 21.0 Å². The number of ether oxygens (including phenoxy) is 6. The topological polar surface area (TPSA) is 162 Å². The van der Waals surface area contributed by atoms with Gasteiger partial charge in [0.2, 0.25) is 5.91 Å². The Labute approximate surface area is 450 Å². The van der Waals surface area contributed by atoms with Gasteiger partial charge in [-0.3, -0.25) is 28.9 Å². The lowest BCUT2D eigenvalue weighted by Crippen LogP contribution is -2.47. The number of hydrogen-bond donors (Lipinski definition) is 1. The van der Waals surface area contributed by atoms with Gasteiger partial charge < -0.3 is 43.5 Å². The Kier molecular flexibility index (Phi) is 22.2. The van der Waals surface area contributed by atoms with Crippen molar-refractivity contribution >= 4 is 68.9 Å². The molecule has 1 unspecified atom stereocenters. The van der Waals surface area contributed by atoms with Crippen molar-refractivity contribution in [2.45, 2.75) is 89.5 Å². The number of amides is 3. The number of nitrogens with zero attached hydrogens (tertiary/aromatic N) is 3. The number of carbonyl (C=O) groups excluding carboxylic acids is 5. The summed E-state index contributed by atoms with van der Waals surface area (Å²) < 4.78 is 34.7. The molecule has 1 N–H and O–H groups in total. The second-order valence-corrected chi connectivity index (χ2v) is 20.0. The van der Waals surface area contributed by atoms with Crippen LogP contribution in [0.4, 0.5) is 5.69 Å². The van der Waals surface area contributed by atoms with Crippen molar-refractivity contribution in [3.05, 3.63) is 92.5 Å². The Morgan fingerprint density at radius 2 is 1.37 bits per heavy atom. The monoisotopic (exact) mass is 1070 g/mol. The first-order valence-electron chi connectivity index (χ1n) is 26.3. The standard InChI is InChI=1S/C58H70Cl2N4O11/c1-4-40-17-18-41-35-54(53(71-3)38-46(41)45(40)34-42-36-52(70-2)48(60)39-47(42)59)75-29-13-22-63-25-23-62(24-26-63)21-9-5-6-10-27-72-30-32-74-33-31-73-28-11-7-8-16-55(67)61-49-15-12-14-44-56(49)58(69)64(57(44)68)50-20-19-43(65)37-51(50)66/h1,12,14-15,17-18,35-36,38-39,50H,5-11,13,16,19-34,37H2,2-3H3,(H,61,67). The number of terminal acetylenes is 1. The van der Waals surface area contributed by atoms with E-state index in [4.69, 9.17) is 58.0 Å². The highest BCUT2D eigenvalue weighted by Gasteiger charge is 2.45. The summed E-state index contributed by atoms with van der Waals surface area (Å²) in [6, 6.07) is 15.3. The predicted molar refractivity (Wildman–Crippen MR) is 290 cm³/mol. The summed E-state index contributed by atoms with van der Waals surface area (Å²) in [5, 5.41) is 5.74. The lowest BCUT2D eigenvalue weighted by molar-refractivity contribution is -0.132. The Morgan fingerprint density at radius 1 is 0.707 bits per heavy atom. The van der Waals surface area contributed by atoms with E-state index in [1.165, 1.54) is 18.9 Å². The van der Waals surface area contributed by atoms with E-state index in [-0.39, 0.29) is 54.2 Å². The smallest absolute Gasteiger partial charge is 0.264 e. The van der Waals surface area contributed by atoms with Crippen LogP contribution in [0.3, 0.4) is 0 Å². The first kappa shape index (κ1) is 57.1. The molecule has 15 nitrogen and oxygen atoms in total. The van der Waals surface area contributed by atoms with Gasteiger partial charge in [0.15, 0.2) is 17.3 Å². The van der Waals surface area contributed by atoms with Crippen LogP contribution >= 0.6 is 23.2 Å². The molecule has 3 aliphatic rings. The quantitative estimate of drug-likeness (QED) is 0.0228. The van der Waals surface area contributed by atoms with Gasteiger partial charge in [0.1, 0.15) is 11.5 Å². The molecular weight excluding hydrogens is 1000 g/mol. The molecule has 0 spiro atoms. The van der Waals surface area contributed by atoms with Crippen molar-refractivity contribution < 1.29 is 52.4 Å². The molecule has 1 saturated carbocycles. The number of anilines is 1. The summed E-state index contributed by atoms with van der Waals surface area (Å²) in [4.78, 5) is 69.3. The minimum atomic E-state index is -0.962. The van der Waals surface area contributed by atoms with Gasteiger partial charge >= 0.3 is 0 Å². The van der Waals surface area contributed by atoms with Crippen molar-refractivity contribution in [2.24, 2.45) is 0 Å². The number of piperazine rings is 1. The number of ketones is 2. The molecule has 7 rings (SSSR count). The Morgan fingerprint density at radius 3 is 2.05 bits per heavy atom. The third-order valence-corrected chi connectivity index (χ3v) is 14.7. The number of benzene rings is 4. The van der Waals surface area contributed by atoms with Crippen LogP contribution in [0.5, 0.6) is 17.2 Å². The second-order valence-electron chi connectivity index (χ2n) is 19.2. The molecule has 3 amide bonds. The highest BCUT2D eigenvalue weighted by atomic mass is 35.5. The number of halogens is 2. The van der Waals surface area contributed by atoms with E-state index in [1.807, 2.05) is 30.3 Å². The number of rotatable bonds is 30. The Balaban J connectivity index is 0.657. The molecule has 0 aromatic heterocycles. The van der Waals surface area contributed by atoms with Crippen LogP contribution in [-0.2, 0) is 35.0 Å². The van der Waals surface area contributed by atoms with Crippen molar-refractivity contribution in [3.63, 3.8) is 0 Å². The molecule has 1 atom stereocenters. The van der Waals surface area contributed by atoms with Crippen molar-refractivity contribution in [3.8, 4) is 29.6 Å². The Hall–Kier alpha value is -5.57. The summed E-state index contributed by atoms with van der Waals surface area (Å²) >= 11 is 12.9. The van der Waals surface area contributed by atoms with Gasteiger partial charge in [-0.1, -0.05) is 60.5 Å². The normalized spacial score (nSPS) is 16.1. The maximum absolute atomic E-state index is 13.3. The minimum absolute atomic E-state index is 0.0865. The summed E-state index contributed by atoms with van der Waals surface area (Å²) in [7, 11) is 3.23. The van der Waals surface area contributed by atoms with Gasteiger partial charge in [0.05, 0.1) is 81.6 Å². The van der Waals surface area contributed by atoms with Crippen LogP contribution < -0.4 is 19.5 Å². The van der Waals surface area contributed by atoms with Crippen LogP contribution in [0.1, 0.15) is 114 Å². The van der Waals surface area contributed by atoms with Crippen molar-refractivity contribution in [1.29, 1.82) is 0 Å². The third kappa shape index (κ3) is 15.8. The molecule has 75 heavy (non-hydrogen) atoms. The molecule has 0 bridgehead atoms. The summed E-state index contributed by atoms with van der Waals surface area (Å²) in [6.45, 7) is 10.3. The zero-order chi connectivity index (χ0) is 53.1. The average Bonchev–Trinajstić information content (AvgIpc) is 3.67.